The fourth-order valence-electron chi connectivity index (χ4n) is 0.629. The number of Topliss-reactive ketones (excluding diaryl/α,β-unsaturated/α-hetero) is 1. The van der Waals surface area contributed by atoms with Crippen molar-refractivity contribution in [3.63, 3.8) is 0 Å². The van der Waals surface area contributed by atoms with E-state index in [1.165, 1.54) is 0 Å². The second-order valence-corrected chi connectivity index (χ2v) is 2.70. The number of aliphatic hydroxyl groups is 1. The van der Waals surface area contributed by atoms with E-state index in [0.717, 1.165) is 0 Å². The van der Waals surface area contributed by atoms with Crippen LogP contribution in [0.4, 0.5) is 0 Å². The van der Waals surface area contributed by atoms with Crippen LogP contribution in [0.5, 0.6) is 0 Å². The zero-order valence-electron chi connectivity index (χ0n) is 4.40. The highest BCUT2D eigenvalue weighted by atomic mass is 35.5. The summed E-state index contributed by atoms with van der Waals surface area (Å²) in [5.74, 6) is -0.475. The molecule has 0 radical (unpaired) electrons. The quantitative estimate of drug-likeness (QED) is 0.556. The summed E-state index contributed by atoms with van der Waals surface area (Å²) in [5.41, 5.74) is 0. The number of ketones is 1. The van der Waals surface area contributed by atoms with Crippen LogP contribution in [0, 0.1) is 0 Å². The molecule has 0 aromatic carbocycles. The second-order valence-electron chi connectivity index (χ2n) is 1.79. The molecule has 0 spiro atoms. The molecule has 0 bridgehead atoms. The molecule has 2 nitrogen and oxygen atoms in total. The van der Waals surface area contributed by atoms with Crippen LogP contribution in [0.15, 0.2) is 10.8 Å². The maximum Gasteiger partial charge on any atom is 0.179 e. The van der Waals surface area contributed by atoms with E-state index in [9.17, 15) is 4.79 Å². The summed E-state index contributed by atoms with van der Waals surface area (Å²) >= 11 is 10.7. The van der Waals surface area contributed by atoms with Gasteiger partial charge in [-0.25, -0.2) is 0 Å². The molecular weight excluding hydrogens is 163 g/mol. The van der Waals surface area contributed by atoms with Crippen molar-refractivity contribution >= 4 is 29.0 Å². The predicted molar refractivity (Wildman–Crippen MR) is 34.8 cm³/mol. The summed E-state index contributed by atoms with van der Waals surface area (Å²) in [4.78, 5) is 10.6. The average Bonchev–Trinajstić information content (AvgIpc) is 1.98. The molecule has 4 heteroatoms. The lowest BCUT2D eigenvalue weighted by atomic mass is 10.3. The molecule has 50 valence electrons. The van der Waals surface area contributed by atoms with Crippen molar-refractivity contribution in [2.24, 2.45) is 0 Å². The average molecular weight is 167 g/mol. The van der Waals surface area contributed by atoms with Crippen molar-refractivity contribution in [3.05, 3.63) is 10.8 Å². The SMILES string of the molecule is O=C1C[C@H](Cl)C(O)=C1Cl. The van der Waals surface area contributed by atoms with Crippen molar-refractivity contribution in [2.75, 3.05) is 0 Å². The monoisotopic (exact) mass is 166 g/mol. The minimum Gasteiger partial charge on any atom is -0.509 e. The number of aliphatic hydroxyl groups excluding tert-OH is 1. The molecule has 0 aromatic heterocycles. The minimum atomic E-state index is -0.606. The maximum absolute atomic E-state index is 10.6. The molecule has 0 aliphatic heterocycles. The van der Waals surface area contributed by atoms with E-state index in [1.54, 1.807) is 0 Å². The van der Waals surface area contributed by atoms with Crippen LogP contribution >= 0.6 is 23.2 Å². The Bertz CT molecular complexity index is 185. The van der Waals surface area contributed by atoms with Gasteiger partial charge in [-0.2, -0.15) is 0 Å². The third-order valence-corrected chi connectivity index (χ3v) is 1.90. The largest absolute Gasteiger partial charge is 0.509 e. The van der Waals surface area contributed by atoms with Gasteiger partial charge in [0.25, 0.3) is 0 Å². The lowest BCUT2D eigenvalue weighted by Crippen LogP contribution is -1.96. The summed E-state index contributed by atoms with van der Waals surface area (Å²) in [6, 6.07) is 0. The number of alkyl halides is 1. The van der Waals surface area contributed by atoms with Gasteiger partial charge in [-0.1, -0.05) is 11.6 Å². The van der Waals surface area contributed by atoms with Crippen molar-refractivity contribution < 1.29 is 9.90 Å². The van der Waals surface area contributed by atoms with Crippen LogP contribution in [0.25, 0.3) is 0 Å². The number of hydrogen-bond acceptors (Lipinski definition) is 2. The van der Waals surface area contributed by atoms with Crippen molar-refractivity contribution in [1.82, 2.24) is 0 Å². The highest BCUT2D eigenvalue weighted by molar-refractivity contribution is 6.45. The molecular formula is C5H4Cl2O2. The first-order valence-electron chi connectivity index (χ1n) is 2.39. The molecule has 1 atom stereocenters. The highest BCUT2D eigenvalue weighted by Gasteiger charge is 2.29. The molecule has 1 aliphatic carbocycles. The Kier molecular flexibility index (Phi) is 1.68. The zero-order valence-corrected chi connectivity index (χ0v) is 5.91. The predicted octanol–water partition coefficient (Wildman–Crippen LogP) is 1.58. The number of carbonyl (C=O) groups excluding carboxylic acids is 1. The Hall–Kier alpha value is -0.210. The smallest absolute Gasteiger partial charge is 0.179 e. The second kappa shape index (κ2) is 2.20. The van der Waals surface area contributed by atoms with Gasteiger partial charge in [-0.3, -0.25) is 4.79 Å². The number of carbonyl (C=O) groups is 1. The fraction of sp³-hybridized carbons (Fsp3) is 0.400. The van der Waals surface area contributed by atoms with E-state index < -0.39 is 5.38 Å². The third-order valence-electron chi connectivity index (χ3n) is 1.13. The normalized spacial score (nSPS) is 27.8. The Morgan fingerprint density at radius 2 is 2.22 bits per heavy atom. The van der Waals surface area contributed by atoms with Gasteiger partial charge in [0.2, 0.25) is 0 Å². The molecule has 9 heavy (non-hydrogen) atoms. The van der Waals surface area contributed by atoms with E-state index >= 15 is 0 Å². The van der Waals surface area contributed by atoms with E-state index in [-0.39, 0.29) is 23.0 Å². The van der Waals surface area contributed by atoms with Gasteiger partial charge in [-0.05, 0) is 0 Å². The van der Waals surface area contributed by atoms with Crippen LogP contribution in [0.3, 0.4) is 0 Å². The molecule has 0 amide bonds. The van der Waals surface area contributed by atoms with Crippen LogP contribution < -0.4 is 0 Å². The molecule has 1 N–H and O–H groups in total. The van der Waals surface area contributed by atoms with E-state index in [2.05, 4.69) is 0 Å². The molecule has 0 unspecified atom stereocenters. The number of hydrogen-bond donors (Lipinski definition) is 1. The maximum atomic E-state index is 10.6. The highest BCUT2D eigenvalue weighted by Crippen LogP contribution is 2.27. The van der Waals surface area contributed by atoms with Gasteiger partial charge < -0.3 is 5.11 Å². The molecule has 0 aromatic rings. The molecule has 0 heterocycles. The van der Waals surface area contributed by atoms with Crippen LogP contribution in [-0.4, -0.2) is 16.3 Å². The Labute approximate surface area is 62.1 Å². The topological polar surface area (TPSA) is 37.3 Å². The lowest BCUT2D eigenvalue weighted by Gasteiger charge is -1.93. The third kappa shape index (κ3) is 1.05. The Morgan fingerprint density at radius 3 is 2.33 bits per heavy atom. The van der Waals surface area contributed by atoms with Crippen LogP contribution in [0.2, 0.25) is 0 Å². The number of allylic oxidation sites excluding steroid dienone is 2. The lowest BCUT2D eigenvalue weighted by molar-refractivity contribution is -0.114. The molecule has 0 saturated heterocycles. The molecule has 1 aliphatic rings. The van der Waals surface area contributed by atoms with Crippen LogP contribution in [-0.2, 0) is 4.79 Å². The molecule has 0 saturated carbocycles. The van der Waals surface area contributed by atoms with Gasteiger partial charge in [0.15, 0.2) is 5.78 Å². The summed E-state index contributed by atoms with van der Waals surface area (Å²) in [5, 5.41) is 8.11. The van der Waals surface area contributed by atoms with Crippen LogP contribution in [0.1, 0.15) is 6.42 Å². The number of halogens is 2. The first-order chi connectivity index (χ1) is 4.13. The summed E-state index contributed by atoms with van der Waals surface area (Å²) in [6.45, 7) is 0. The van der Waals surface area contributed by atoms with Gasteiger partial charge >= 0.3 is 0 Å². The van der Waals surface area contributed by atoms with Crippen molar-refractivity contribution in [3.8, 4) is 0 Å². The molecule has 1 rings (SSSR count). The summed E-state index contributed by atoms with van der Waals surface area (Å²) < 4.78 is 0. The van der Waals surface area contributed by atoms with Gasteiger partial charge in [0, 0.05) is 6.42 Å². The van der Waals surface area contributed by atoms with E-state index in [1.807, 2.05) is 0 Å². The minimum absolute atomic E-state index is 0.116. The standard InChI is InChI=1S/C5H4Cl2O2/c6-2-1-3(8)4(7)5(2)9/h2,9H,1H2/t2-/m0/s1. The van der Waals surface area contributed by atoms with E-state index in [4.69, 9.17) is 28.3 Å². The van der Waals surface area contributed by atoms with Gasteiger partial charge in [0.05, 0.1) is 5.38 Å². The van der Waals surface area contributed by atoms with E-state index in [0.29, 0.717) is 0 Å². The summed E-state index contributed by atoms with van der Waals surface area (Å²) in [7, 11) is 0. The summed E-state index contributed by atoms with van der Waals surface area (Å²) in [6.07, 6.45) is 0.117. The van der Waals surface area contributed by atoms with Crippen molar-refractivity contribution in [1.29, 1.82) is 0 Å². The fourth-order valence-corrected chi connectivity index (χ4v) is 1.14. The van der Waals surface area contributed by atoms with Gasteiger partial charge in [0.1, 0.15) is 10.8 Å². The number of rotatable bonds is 0. The Balaban J connectivity index is 2.92. The van der Waals surface area contributed by atoms with Gasteiger partial charge in [-0.15, -0.1) is 11.6 Å². The molecule has 0 fully saturated rings. The Morgan fingerprint density at radius 1 is 1.67 bits per heavy atom. The zero-order chi connectivity index (χ0) is 7.02. The first kappa shape index (κ1) is 6.90. The van der Waals surface area contributed by atoms with Crippen molar-refractivity contribution in [2.45, 2.75) is 11.8 Å². The first-order valence-corrected chi connectivity index (χ1v) is 3.20.